The summed E-state index contributed by atoms with van der Waals surface area (Å²) in [5, 5.41) is 11.2. The fourth-order valence-corrected chi connectivity index (χ4v) is 3.10. The van der Waals surface area contributed by atoms with Crippen LogP contribution < -0.4 is 5.43 Å². The minimum absolute atomic E-state index is 0.332. The van der Waals surface area contributed by atoms with Crippen molar-refractivity contribution in [3.63, 3.8) is 0 Å². The second-order valence-electron chi connectivity index (χ2n) is 7.11. The molecule has 0 spiro atoms. The van der Waals surface area contributed by atoms with E-state index in [1.165, 1.54) is 5.56 Å². The highest BCUT2D eigenvalue weighted by molar-refractivity contribution is 6.01. The molecule has 1 amide bonds. The van der Waals surface area contributed by atoms with Gasteiger partial charge < -0.3 is 0 Å². The molecule has 0 atom stereocenters. The number of H-pyrrole nitrogens is 1. The van der Waals surface area contributed by atoms with Crippen molar-refractivity contribution in [3.8, 4) is 22.4 Å². The average molecular weight is 394 g/mol. The number of carbonyl (C=O) groups is 1. The SMILES string of the molecule is CC(=NNC(=O)c1cc(-c2ccc(C)cc2)n[nH]1)c1ccc(-c2ccccc2)cc1. The van der Waals surface area contributed by atoms with Crippen molar-refractivity contribution in [1.29, 1.82) is 0 Å². The lowest BCUT2D eigenvalue weighted by molar-refractivity contribution is 0.0950. The van der Waals surface area contributed by atoms with Crippen LogP contribution in [0.4, 0.5) is 0 Å². The zero-order valence-corrected chi connectivity index (χ0v) is 16.9. The Morgan fingerprint density at radius 1 is 0.867 bits per heavy atom. The van der Waals surface area contributed by atoms with Crippen LogP contribution >= 0.6 is 0 Å². The predicted molar refractivity (Wildman–Crippen MR) is 120 cm³/mol. The van der Waals surface area contributed by atoms with Gasteiger partial charge in [0, 0.05) is 5.56 Å². The molecule has 5 heteroatoms. The second-order valence-corrected chi connectivity index (χ2v) is 7.11. The van der Waals surface area contributed by atoms with Crippen molar-refractivity contribution in [2.24, 2.45) is 5.10 Å². The van der Waals surface area contributed by atoms with Gasteiger partial charge in [-0.25, -0.2) is 5.43 Å². The van der Waals surface area contributed by atoms with Crippen LogP contribution in [-0.2, 0) is 0 Å². The Labute approximate surface area is 175 Å². The van der Waals surface area contributed by atoms with Gasteiger partial charge in [-0.05, 0) is 36.6 Å². The van der Waals surface area contributed by atoms with Crippen LogP contribution in [0, 0.1) is 6.92 Å². The van der Waals surface area contributed by atoms with E-state index in [1.807, 2.05) is 80.6 Å². The zero-order valence-electron chi connectivity index (χ0n) is 16.9. The fourth-order valence-electron chi connectivity index (χ4n) is 3.10. The number of carbonyl (C=O) groups excluding carboxylic acids is 1. The van der Waals surface area contributed by atoms with Gasteiger partial charge in [-0.15, -0.1) is 0 Å². The molecule has 3 aromatic carbocycles. The fraction of sp³-hybridized carbons (Fsp3) is 0.0800. The van der Waals surface area contributed by atoms with Gasteiger partial charge in [0.05, 0.1) is 11.4 Å². The molecule has 5 nitrogen and oxygen atoms in total. The predicted octanol–water partition coefficient (Wildman–Crippen LogP) is 5.21. The zero-order chi connectivity index (χ0) is 20.9. The smallest absolute Gasteiger partial charge is 0.272 e. The number of aryl methyl sites for hydroxylation is 1. The van der Waals surface area contributed by atoms with Crippen LogP contribution in [0.25, 0.3) is 22.4 Å². The third-order valence-electron chi connectivity index (χ3n) is 4.90. The molecule has 0 radical (unpaired) electrons. The van der Waals surface area contributed by atoms with Gasteiger partial charge in [0.2, 0.25) is 0 Å². The van der Waals surface area contributed by atoms with Gasteiger partial charge in [-0.3, -0.25) is 9.89 Å². The number of rotatable bonds is 5. The van der Waals surface area contributed by atoms with Crippen LogP contribution in [0.3, 0.4) is 0 Å². The van der Waals surface area contributed by atoms with E-state index in [9.17, 15) is 4.79 Å². The van der Waals surface area contributed by atoms with Gasteiger partial charge in [-0.2, -0.15) is 10.2 Å². The van der Waals surface area contributed by atoms with Crippen molar-refractivity contribution in [1.82, 2.24) is 15.6 Å². The van der Waals surface area contributed by atoms with Crippen molar-refractivity contribution < 1.29 is 4.79 Å². The molecule has 148 valence electrons. The maximum Gasteiger partial charge on any atom is 0.289 e. The van der Waals surface area contributed by atoms with Crippen molar-refractivity contribution >= 4 is 11.6 Å². The summed E-state index contributed by atoms with van der Waals surface area (Å²) >= 11 is 0. The number of nitrogens with one attached hydrogen (secondary N) is 2. The molecule has 0 saturated heterocycles. The van der Waals surface area contributed by atoms with Crippen molar-refractivity contribution in [2.75, 3.05) is 0 Å². The van der Waals surface area contributed by atoms with Gasteiger partial charge in [0.25, 0.3) is 5.91 Å². The van der Waals surface area contributed by atoms with E-state index in [2.05, 4.69) is 32.9 Å². The van der Waals surface area contributed by atoms with Crippen LogP contribution in [0.5, 0.6) is 0 Å². The van der Waals surface area contributed by atoms with E-state index in [1.54, 1.807) is 6.07 Å². The molecule has 4 rings (SSSR count). The molecular weight excluding hydrogens is 372 g/mol. The summed E-state index contributed by atoms with van der Waals surface area (Å²) in [5.41, 5.74) is 9.77. The lowest BCUT2D eigenvalue weighted by atomic mass is 10.0. The van der Waals surface area contributed by atoms with Crippen molar-refractivity contribution in [2.45, 2.75) is 13.8 Å². The third kappa shape index (κ3) is 4.36. The number of benzene rings is 3. The first kappa shape index (κ1) is 19.3. The van der Waals surface area contributed by atoms with E-state index in [-0.39, 0.29) is 5.91 Å². The molecule has 0 aliphatic heterocycles. The molecule has 0 saturated carbocycles. The van der Waals surface area contributed by atoms with E-state index in [0.717, 1.165) is 33.7 Å². The molecule has 2 N–H and O–H groups in total. The summed E-state index contributed by atoms with van der Waals surface area (Å²) in [6.45, 7) is 3.89. The summed E-state index contributed by atoms with van der Waals surface area (Å²) in [6.07, 6.45) is 0. The first-order valence-corrected chi connectivity index (χ1v) is 9.73. The number of aromatic amines is 1. The average Bonchev–Trinajstić information content (AvgIpc) is 3.29. The van der Waals surface area contributed by atoms with Gasteiger partial charge in [0.15, 0.2) is 0 Å². The van der Waals surface area contributed by atoms with E-state index < -0.39 is 0 Å². The first-order chi connectivity index (χ1) is 14.6. The van der Waals surface area contributed by atoms with Crippen LogP contribution in [-0.4, -0.2) is 21.8 Å². The number of hydrogen-bond donors (Lipinski definition) is 2. The Morgan fingerprint density at radius 3 is 2.20 bits per heavy atom. The summed E-state index contributed by atoms with van der Waals surface area (Å²) in [5.74, 6) is -0.332. The van der Waals surface area contributed by atoms with Gasteiger partial charge in [0.1, 0.15) is 5.69 Å². The van der Waals surface area contributed by atoms with Crippen molar-refractivity contribution in [3.05, 3.63) is 102 Å². The molecule has 0 unspecified atom stereocenters. The Kier molecular flexibility index (Phi) is 5.52. The normalized spacial score (nSPS) is 11.3. The third-order valence-corrected chi connectivity index (χ3v) is 4.90. The first-order valence-electron chi connectivity index (χ1n) is 9.73. The number of nitrogens with zero attached hydrogens (tertiary/aromatic N) is 2. The molecule has 0 aliphatic rings. The monoisotopic (exact) mass is 394 g/mol. The lowest BCUT2D eigenvalue weighted by Crippen LogP contribution is -2.19. The minimum atomic E-state index is -0.332. The van der Waals surface area contributed by atoms with Crippen LogP contribution in [0.2, 0.25) is 0 Å². The summed E-state index contributed by atoms with van der Waals surface area (Å²) in [4.78, 5) is 12.4. The Balaban J connectivity index is 1.43. The minimum Gasteiger partial charge on any atom is -0.272 e. The molecule has 1 heterocycles. The molecule has 4 aromatic rings. The number of hydrogen-bond acceptors (Lipinski definition) is 3. The van der Waals surface area contributed by atoms with E-state index >= 15 is 0 Å². The van der Waals surface area contributed by atoms with E-state index in [4.69, 9.17) is 0 Å². The highest BCUT2D eigenvalue weighted by Gasteiger charge is 2.11. The van der Waals surface area contributed by atoms with Gasteiger partial charge in [-0.1, -0.05) is 84.4 Å². The molecule has 0 aliphatic carbocycles. The largest absolute Gasteiger partial charge is 0.289 e. The van der Waals surface area contributed by atoms with Gasteiger partial charge >= 0.3 is 0 Å². The lowest BCUT2D eigenvalue weighted by Gasteiger charge is -2.05. The van der Waals surface area contributed by atoms with E-state index in [0.29, 0.717) is 5.69 Å². The quantitative estimate of drug-likeness (QED) is 0.360. The Morgan fingerprint density at radius 2 is 1.50 bits per heavy atom. The second kappa shape index (κ2) is 8.57. The number of hydrazone groups is 1. The number of amides is 1. The molecule has 30 heavy (non-hydrogen) atoms. The highest BCUT2D eigenvalue weighted by Crippen LogP contribution is 2.20. The summed E-state index contributed by atoms with van der Waals surface area (Å²) < 4.78 is 0. The molecule has 0 bridgehead atoms. The summed E-state index contributed by atoms with van der Waals surface area (Å²) in [7, 11) is 0. The number of aromatic nitrogens is 2. The molecular formula is C25H22N4O. The van der Waals surface area contributed by atoms with Crippen LogP contribution in [0.15, 0.2) is 90.0 Å². The Hall–Kier alpha value is -3.99. The standard InChI is InChI=1S/C25H22N4O/c1-17-8-10-22(11-9-17)23-16-24(28-27-23)25(30)29-26-18(2)19-12-14-21(15-13-19)20-6-4-3-5-7-20/h3-16H,1-2H3,(H,27,28)(H,29,30). The summed E-state index contributed by atoms with van der Waals surface area (Å²) in [6, 6.07) is 28.0. The Bertz CT molecular complexity index is 1170. The molecule has 0 fully saturated rings. The highest BCUT2D eigenvalue weighted by atomic mass is 16.2. The topological polar surface area (TPSA) is 70.1 Å². The molecule has 1 aromatic heterocycles. The maximum atomic E-state index is 12.4. The van der Waals surface area contributed by atoms with Crippen LogP contribution in [0.1, 0.15) is 28.5 Å². The maximum absolute atomic E-state index is 12.4.